The second-order valence-electron chi connectivity index (χ2n) is 4.03. The fourth-order valence-electron chi connectivity index (χ4n) is 1.67. The van der Waals surface area contributed by atoms with E-state index in [0.717, 1.165) is 18.4 Å². The molecule has 1 atom stereocenters. The number of hydrogen-bond acceptors (Lipinski definition) is 2. The van der Waals surface area contributed by atoms with Crippen LogP contribution < -0.4 is 5.73 Å². The maximum atomic E-state index is 10.4. The molecule has 0 aromatic heterocycles. The first-order valence-corrected chi connectivity index (χ1v) is 5.69. The van der Waals surface area contributed by atoms with Crippen molar-refractivity contribution in [1.29, 1.82) is 0 Å². The summed E-state index contributed by atoms with van der Waals surface area (Å²) in [5.74, 6) is -0.793. The zero-order chi connectivity index (χ0) is 12.0. The van der Waals surface area contributed by atoms with Crippen molar-refractivity contribution in [1.82, 2.24) is 0 Å². The van der Waals surface area contributed by atoms with Crippen molar-refractivity contribution in [2.45, 2.75) is 38.6 Å². The number of rotatable bonds is 6. The van der Waals surface area contributed by atoms with E-state index in [4.69, 9.17) is 10.8 Å². The first-order chi connectivity index (χ1) is 7.63. The van der Waals surface area contributed by atoms with Crippen LogP contribution in [-0.4, -0.2) is 11.1 Å². The smallest absolute Gasteiger partial charge is 0.303 e. The highest BCUT2D eigenvalue weighted by molar-refractivity contribution is 5.66. The SMILES string of the molecule is CCCc1ccc(C(N)CCC(=O)O)cc1. The fraction of sp³-hybridized carbons (Fsp3) is 0.462. The molecule has 0 amide bonds. The van der Waals surface area contributed by atoms with Gasteiger partial charge in [0, 0.05) is 12.5 Å². The normalized spacial score (nSPS) is 12.4. The molecule has 1 rings (SSSR count). The van der Waals surface area contributed by atoms with Gasteiger partial charge in [0.05, 0.1) is 0 Å². The van der Waals surface area contributed by atoms with Gasteiger partial charge in [-0.05, 0) is 24.0 Å². The lowest BCUT2D eigenvalue weighted by Crippen LogP contribution is -2.12. The van der Waals surface area contributed by atoms with Gasteiger partial charge in [-0.25, -0.2) is 0 Å². The number of carboxylic acids is 1. The largest absolute Gasteiger partial charge is 0.481 e. The van der Waals surface area contributed by atoms with E-state index in [0.29, 0.717) is 6.42 Å². The number of carboxylic acid groups (broad SMARTS) is 1. The number of benzene rings is 1. The summed E-state index contributed by atoms with van der Waals surface area (Å²) < 4.78 is 0. The second-order valence-corrected chi connectivity index (χ2v) is 4.03. The van der Waals surface area contributed by atoms with Gasteiger partial charge in [-0.3, -0.25) is 4.79 Å². The molecule has 0 saturated carbocycles. The number of nitrogens with two attached hydrogens (primary N) is 1. The van der Waals surface area contributed by atoms with Crippen LogP contribution in [0.25, 0.3) is 0 Å². The Hall–Kier alpha value is -1.35. The molecule has 3 heteroatoms. The molecule has 0 spiro atoms. The van der Waals surface area contributed by atoms with Gasteiger partial charge in [-0.15, -0.1) is 0 Å². The van der Waals surface area contributed by atoms with Gasteiger partial charge in [0.2, 0.25) is 0 Å². The van der Waals surface area contributed by atoms with Gasteiger partial charge in [0.1, 0.15) is 0 Å². The summed E-state index contributed by atoms with van der Waals surface area (Å²) in [5, 5.41) is 8.57. The zero-order valence-electron chi connectivity index (χ0n) is 9.65. The van der Waals surface area contributed by atoms with E-state index < -0.39 is 5.97 Å². The average molecular weight is 221 g/mol. The Bertz CT molecular complexity index is 332. The summed E-state index contributed by atoms with van der Waals surface area (Å²) in [6.45, 7) is 2.15. The molecular formula is C13H19NO2. The third-order valence-corrected chi connectivity index (χ3v) is 2.62. The fourth-order valence-corrected chi connectivity index (χ4v) is 1.67. The van der Waals surface area contributed by atoms with Crippen LogP contribution in [0.3, 0.4) is 0 Å². The molecule has 0 saturated heterocycles. The van der Waals surface area contributed by atoms with Crippen molar-refractivity contribution in [2.24, 2.45) is 5.73 Å². The molecule has 0 aliphatic heterocycles. The maximum absolute atomic E-state index is 10.4. The standard InChI is InChI=1S/C13H19NO2/c1-2-3-10-4-6-11(7-5-10)12(14)8-9-13(15)16/h4-7,12H,2-3,8-9,14H2,1H3,(H,15,16). The molecular weight excluding hydrogens is 202 g/mol. The minimum absolute atomic E-state index is 0.123. The molecule has 0 aliphatic carbocycles. The predicted octanol–water partition coefficient (Wildman–Crippen LogP) is 2.50. The van der Waals surface area contributed by atoms with Crippen LogP contribution >= 0.6 is 0 Å². The van der Waals surface area contributed by atoms with Gasteiger partial charge >= 0.3 is 5.97 Å². The molecule has 0 aliphatic rings. The van der Waals surface area contributed by atoms with Crippen molar-refractivity contribution in [3.63, 3.8) is 0 Å². The molecule has 0 heterocycles. The molecule has 1 aromatic carbocycles. The highest BCUT2D eigenvalue weighted by Gasteiger charge is 2.08. The minimum Gasteiger partial charge on any atom is -0.481 e. The highest BCUT2D eigenvalue weighted by Crippen LogP contribution is 2.17. The summed E-state index contributed by atoms with van der Waals surface area (Å²) in [6.07, 6.45) is 2.81. The van der Waals surface area contributed by atoms with E-state index in [9.17, 15) is 4.79 Å². The van der Waals surface area contributed by atoms with Crippen molar-refractivity contribution in [3.05, 3.63) is 35.4 Å². The van der Waals surface area contributed by atoms with Crippen LogP contribution in [0.5, 0.6) is 0 Å². The van der Waals surface area contributed by atoms with Crippen molar-refractivity contribution in [2.75, 3.05) is 0 Å². The van der Waals surface area contributed by atoms with E-state index in [-0.39, 0.29) is 12.5 Å². The Balaban J connectivity index is 2.55. The van der Waals surface area contributed by atoms with Crippen molar-refractivity contribution in [3.8, 4) is 0 Å². The van der Waals surface area contributed by atoms with Crippen LogP contribution in [0.1, 0.15) is 43.4 Å². The maximum Gasteiger partial charge on any atom is 0.303 e. The first kappa shape index (κ1) is 12.7. The summed E-state index contributed by atoms with van der Waals surface area (Å²) in [7, 11) is 0. The number of hydrogen-bond donors (Lipinski definition) is 2. The van der Waals surface area contributed by atoms with Crippen LogP contribution in [0.4, 0.5) is 0 Å². The molecule has 16 heavy (non-hydrogen) atoms. The molecule has 3 N–H and O–H groups in total. The molecule has 1 unspecified atom stereocenters. The number of aliphatic carboxylic acids is 1. The Morgan fingerprint density at radius 3 is 2.50 bits per heavy atom. The van der Waals surface area contributed by atoms with E-state index in [1.54, 1.807) is 0 Å². The minimum atomic E-state index is -0.793. The van der Waals surface area contributed by atoms with Gasteiger partial charge in [0.15, 0.2) is 0 Å². The van der Waals surface area contributed by atoms with Crippen LogP contribution in [-0.2, 0) is 11.2 Å². The van der Waals surface area contributed by atoms with Gasteiger partial charge < -0.3 is 10.8 Å². The van der Waals surface area contributed by atoms with Crippen LogP contribution in [0, 0.1) is 0 Å². The Morgan fingerprint density at radius 1 is 1.38 bits per heavy atom. The molecule has 0 bridgehead atoms. The monoisotopic (exact) mass is 221 g/mol. The van der Waals surface area contributed by atoms with E-state index in [1.165, 1.54) is 5.56 Å². The van der Waals surface area contributed by atoms with Gasteiger partial charge in [-0.2, -0.15) is 0 Å². The van der Waals surface area contributed by atoms with Gasteiger partial charge in [-0.1, -0.05) is 37.6 Å². The van der Waals surface area contributed by atoms with Crippen molar-refractivity contribution < 1.29 is 9.90 Å². The van der Waals surface area contributed by atoms with Gasteiger partial charge in [0.25, 0.3) is 0 Å². The Morgan fingerprint density at radius 2 is 2.00 bits per heavy atom. The molecule has 0 radical (unpaired) electrons. The van der Waals surface area contributed by atoms with E-state index in [1.807, 2.05) is 12.1 Å². The second kappa shape index (κ2) is 6.28. The average Bonchev–Trinajstić information content (AvgIpc) is 2.27. The van der Waals surface area contributed by atoms with Crippen LogP contribution in [0.15, 0.2) is 24.3 Å². The topological polar surface area (TPSA) is 63.3 Å². The third kappa shape index (κ3) is 4.03. The first-order valence-electron chi connectivity index (χ1n) is 5.69. The summed E-state index contributed by atoms with van der Waals surface area (Å²) in [5.41, 5.74) is 8.22. The van der Waals surface area contributed by atoms with E-state index in [2.05, 4.69) is 19.1 Å². The number of carbonyl (C=O) groups is 1. The van der Waals surface area contributed by atoms with Crippen molar-refractivity contribution >= 4 is 5.97 Å². The Labute approximate surface area is 96.3 Å². The Kier molecular flexibility index (Phi) is 4.99. The molecule has 0 fully saturated rings. The lowest BCUT2D eigenvalue weighted by Gasteiger charge is -2.11. The predicted molar refractivity (Wildman–Crippen MR) is 64.2 cm³/mol. The molecule has 3 nitrogen and oxygen atoms in total. The molecule has 88 valence electrons. The summed E-state index contributed by atoms with van der Waals surface area (Å²) in [4.78, 5) is 10.4. The summed E-state index contributed by atoms with van der Waals surface area (Å²) >= 11 is 0. The third-order valence-electron chi connectivity index (χ3n) is 2.62. The number of aryl methyl sites for hydroxylation is 1. The summed E-state index contributed by atoms with van der Waals surface area (Å²) in [6, 6.07) is 7.96. The lowest BCUT2D eigenvalue weighted by molar-refractivity contribution is -0.137. The molecule has 1 aromatic rings. The van der Waals surface area contributed by atoms with Crippen LogP contribution in [0.2, 0.25) is 0 Å². The zero-order valence-corrected chi connectivity index (χ0v) is 9.65. The quantitative estimate of drug-likeness (QED) is 0.775. The highest BCUT2D eigenvalue weighted by atomic mass is 16.4. The lowest BCUT2D eigenvalue weighted by atomic mass is 10.0. The van der Waals surface area contributed by atoms with E-state index >= 15 is 0 Å².